The summed E-state index contributed by atoms with van der Waals surface area (Å²) in [4.78, 5) is 0. The Morgan fingerprint density at radius 2 is 1.42 bits per heavy atom. The molecule has 1 aromatic carbocycles. The van der Waals surface area contributed by atoms with E-state index < -0.39 is 0 Å². The van der Waals surface area contributed by atoms with Crippen LogP contribution in [0.5, 0.6) is 11.5 Å². The lowest BCUT2D eigenvalue weighted by Gasteiger charge is -2.22. The maximum absolute atomic E-state index is 10.3. The summed E-state index contributed by atoms with van der Waals surface area (Å²) in [5.74, 6) is 0.721. The van der Waals surface area contributed by atoms with Gasteiger partial charge in [-0.05, 0) is 74.3 Å². The third-order valence-electron chi connectivity index (χ3n) is 6.68. The summed E-state index contributed by atoms with van der Waals surface area (Å²) in [6, 6.07) is 3.30. The highest BCUT2D eigenvalue weighted by Gasteiger charge is 2.35. The molecule has 0 aromatic heterocycles. The Kier molecular flexibility index (Phi) is 7.43. The molecule has 2 nitrogen and oxygen atoms in total. The standard InChI is InChI=1S/C24H40O2/c1-5-23(2,3)15-10-8-12-20-19(21(25)13-14-22(20)26)11-7-6-9-16-24(4)17-18-24/h13-14,25-26H,5-12,15-18H2,1-4H3. The van der Waals surface area contributed by atoms with Gasteiger partial charge in [0.25, 0.3) is 0 Å². The van der Waals surface area contributed by atoms with E-state index in [1.807, 2.05) is 0 Å². The molecule has 2 N–H and O–H groups in total. The normalized spacial score (nSPS) is 16.0. The third-order valence-corrected chi connectivity index (χ3v) is 6.68. The molecule has 1 fully saturated rings. The van der Waals surface area contributed by atoms with Crippen LogP contribution in [0.1, 0.15) is 103 Å². The van der Waals surface area contributed by atoms with Crippen molar-refractivity contribution in [1.29, 1.82) is 0 Å². The lowest BCUT2D eigenvalue weighted by atomic mass is 9.84. The highest BCUT2D eigenvalue weighted by Crippen LogP contribution is 2.49. The second-order valence-electron chi connectivity index (χ2n) is 9.66. The van der Waals surface area contributed by atoms with Crippen molar-refractivity contribution in [3.05, 3.63) is 23.3 Å². The van der Waals surface area contributed by atoms with Crippen molar-refractivity contribution in [2.75, 3.05) is 0 Å². The number of rotatable bonds is 12. The van der Waals surface area contributed by atoms with Gasteiger partial charge in [0.1, 0.15) is 11.5 Å². The fraction of sp³-hybridized carbons (Fsp3) is 0.750. The SMILES string of the molecule is CCC(C)(C)CCCCc1c(O)ccc(O)c1CCCCCC1(C)CC1. The minimum atomic E-state index is 0.359. The molecule has 0 amide bonds. The van der Waals surface area contributed by atoms with Crippen LogP contribution in [0.15, 0.2) is 12.1 Å². The Hall–Kier alpha value is -1.18. The average Bonchev–Trinajstić information content (AvgIpc) is 3.33. The van der Waals surface area contributed by atoms with Crippen molar-refractivity contribution in [1.82, 2.24) is 0 Å². The van der Waals surface area contributed by atoms with Gasteiger partial charge < -0.3 is 10.2 Å². The number of unbranched alkanes of at least 4 members (excludes halogenated alkanes) is 3. The van der Waals surface area contributed by atoms with Gasteiger partial charge >= 0.3 is 0 Å². The van der Waals surface area contributed by atoms with Crippen LogP contribution < -0.4 is 0 Å². The molecule has 0 unspecified atom stereocenters. The Labute approximate surface area is 161 Å². The molecule has 148 valence electrons. The van der Waals surface area contributed by atoms with Crippen molar-refractivity contribution in [3.8, 4) is 11.5 Å². The second-order valence-corrected chi connectivity index (χ2v) is 9.66. The molecule has 1 aliphatic carbocycles. The van der Waals surface area contributed by atoms with E-state index in [9.17, 15) is 10.2 Å². The number of phenols is 2. The summed E-state index contributed by atoms with van der Waals surface area (Å²) in [6.45, 7) is 9.30. The predicted molar refractivity (Wildman–Crippen MR) is 111 cm³/mol. The summed E-state index contributed by atoms with van der Waals surface area (Å²) in [5.41, 5.74) is 3.01. The fourth-order valence-electron chi connectivity index (χ4n) is 3.80. The number of aromatic hydroxyl groups is 2. The smallest absolute Gasteiger partial charge is 0.119 e. The van der Waals surface area contributed by atoms with E-state index in [4.69, 9.17) is 0 Å². The zero-order valence-corrected chi connectivity index (χ0v) is 17.5. The molecular weight excluding hydrogens is 320 g/mol. The molecule has 1 aromatic rings. The highest BCUT2D eigenvalue weighted by atomic mass is 16.3. The van der Waals surface area contributed by atoms with Crippen LogP contribution in [-0.4, -0.2) is 10.2 Å². The summed E-state index contributed by atoms with van der Waals surface area (Å²) in [5, 5.41) is 20.7. The molecule has 0 spiro atoms. The second kappa shape index (κ2) is 9.15. The molecular formula is C24H40O2. The van der Waals surface area contributed by atoms with Crippen LogP contribution in [0, 0.1) is 10.8 Å². The van der Waals surface area contributed by atoms with Crippen LogP contribution in [0.4, 0.5) is 0 Å². The van der Waals surface area contributed by atoms with Crippen molar-refractivity contribution in [3.63, 3.8) is 0 Å². The summed E-state index contributed by atoms with van der Waals surface area (Å²) in [6.07, 6.45) is 14.2. The lowest BCUT2D eigenvalue weighted by molar-refractivity contribution is 0.309. The van der Waals surface area contributed by atoms with Crippen molar-refractivity contribution in [2.24, 2.45) is 10.8 Å². The quantitative estimate of drug-likeness (QED) is 0.307. The minimum absolute atomic E-state index is 0.359. The largest absolute Gasteiger partial charge is 0.508 e. The van der Waals surface area contributed by atoms with E-state index in [1.165, 1.54) is 51.4 Å². The van der Waals surface area contributed by atoms with Crippen LogP contribution in [0.2, 0.25) is 0 Å². The molecule has 2 heteroatoms. The van der Waals surface area contributed by atoms with Crippen molar-refractivity contribution < 1.29 is 10.2 Å². The monoisotopic (exact) mass is 360 g/mol. The van der Waals surface area contributed by atoms with Crippen molar-refractivity contribution >= 4 is 0 Å². The maximum atomic E-state index is 10.3. The van der Waals surface area contributed by atoms with Gasteiger partial charge in [-0.25, -0.2) is 0 Å². The first-order chi connectivity index (χ1) is 12.3. The Bertz CT molecular complexity index is 570. The third kappa shape index (κ3) is 6.52. The lowest BCUT2D eigenvalue weighted by Crippen LogP contribution is -2.09. The molecule has 0 heterocycles. The molecule has 0 radical (unpaired) electrons. The van der Waals surface area contributed by atoms with Gasteiger partial charge in [0.05, 0.1) is 0 Å². The first-order valence-corrected chi connectivity index (χ1v) is 10.8. The number of benzene rings is 1. The molecule has 0 saturated heterocycles. The van der Waals surface area contributed by atoms with Gasteiger partial charge in [0.2, 0.25) is 0 Å². The zero-order valence-electron chi connectivity index (χ0n) is 17.5. The van der Waals surface area contributed by atoms with Crippen LogP contribution >= 0.6 is 0 Å². The zero-order chi connectivity index (χ0) is 19.2. The van der Waals surface area contributed by atoms with E-state index in [0.29, 0.717) is 22.3 Å². The molecule has 0 aliphatic heterocycles. The molecule has 2 rings (SSSR count). The Balaban J connectivity index is 1.83. The van der Waals surface area contributed by atoms with Crippen LogP contribution in [0.3, 0.4) is 0 Å². The van der Waals surface area contributed by atoms with Crippen molar-refractivity contribution in [2.45, 2.75) is 105 Å². The minimum Gasteiger partial charge on any atom is -0.508 e. The summed E-state index contributed by atoms with van der Waals surface area (Å²) in [7, 11) is 0. The van der Waals surface area contributed by atoms with E-state index in [0.717, 1.165) is 36.8 Å². The van der Waals surface area contributed by atoms with Gasteiger partial charge in [-0.3, -0.25) is 0 Å². The van der Waals surface area contributed by atoms with E-state index in [-0.39, 0.29) is 0 Å². The topological polar surface area (TPSA) is 40.5 Å². The van der Waals surface area contributed by atoms with Crippen LogP contribution in [0.25, 0.3) is 0 Å². The number of hydrogen-bond acceptors (Lipinski definition) is 2. The summed E-state index contributed by atoms with van der Waals surface area (Å²) < 4.78 is 0. The van der Waals surface area contributed by atoms with Gasteiger partial charge in [-0.1, -0.05) is 53.4 Å². The molecule has 1 aliphatic rings. The van der Waals surface area contributed by atoms with Gasteiger partial charge in [0.15, 0.2) is 0 Å². The first-order valence-electron chi connectivity index (χ1n) is 10.8. The molecule has 0 bridgehead atoms. The van der Waals surface area contributed by atoms with Gasteiger partial charge in [-0.15, -0.1) is 0 Å². The number of phenolic OH excluding ortho intramolecular Hbond substituents is 2. The van der Waals surface area contributed by atoms with Gasteiger partial charge in [0, 0.05) is 11.1 Å². The molecule has 0 atom stereocenters. The Morgan fingerprint density at radius 3 is 1.92 bits per heavy atom. The molecule has 26 heavy (non-hydrogen) atoms. The highest BCUT2D eigenvalue weighted by molar-refractivity contribution is 5.47. The van der Waals surface area contributed by atoms with Gasteiger partial charge in [-0.2, -0.15) is 0 Å². The van der Waals surface area contributed by atoms with E-state index in [2.05, 4.69) is 27.7 Å². The predicted octanol–water partition coefficient (Wildman–Crippen LogP) is 7.15. The van der Waals surface area contributed by atoms with E-state index >= 15 is 0 Å². The maximum Gasteiger partial charge on any atom is 0.119 e. The average molecular weight is 361 g/mol. The van der Waals surface area contributed by atoms with Crippen LogP contribution in [-0.2, 0) is 12.8 Å². The first kappa shape index (κ1) is 21.1. The summed E-state index contributed by atoms with van der Waals surface area (Å²) >= 11 is 0. The fourth-order valence-corrected chi connectivity index (χ4v) is 3.80. The number of hydrogen-bond donors (Lipinski definition) is 2. The van der Waals surface area contributed by atoms with E-state index in [1.54, 1.807) is 12.1 Å². The Morgan fingerprint density at radius 1 is 0.885 bits per heavy atom. The molecule has 1 saturated carbocycles.